The molecule has 0 bridgehead atoms. The number of esters is 2. The van der Waals surface area contributed by atoms with Gasteiger partial charge in [0, 0.05) is 11.8 Å². The summed E-state index contributed by atoms with van der Waals surface area (Å²) < 4.78 is 15.4. The molecule has 0 saturated heterocycles. The SMILES string of the molecule is CCOc1ccc(/C=C/C(=O)OCC(=O)Nc2ccc(C(=O)OC(C)C)cc2)cc1. The number of ether oxygens (including phenoxy) is 3. The summed E-state index contributed by atoms with van der Waals surface area (Å²) in [5, 5.41) is 2.59. The molecule has 1 N–H and O–H groups in total. The molecule has 0 unspecified atom stereocenters. The molecular weight excluding hydrogens is 386 g/mol. The number of benzene rings is 2. The first-order chi connectivity index (χ1) is 14.4. The maximum absolute atomic E-state index is 11.9. The molecule has 2 aromatic carbocycles. The molecule has 0 aliphatic carbocycles. The third-order valence-electron chi connectivity index (χ3n) is 3.70. The second-order valence-corrected chi connectivity index (χ2v) is 6.52. The Kier molecular flexibility index (Phi) is 8.62. The fourth-order valence-corrected chi connectivity index (χ4v) is 2.36. The maximum atomic E-state index is 11.9. The smallest absolute Gasteiger partial charge is 0.338 e. The molecular formula is C23H25NO6. The molecule has 2 aromatic rings. The molecule has 0 aliphatic rings. The van der Waals surface area contributed by atoms with E-state index in [2.05, 4.69) is 5.32 Å². The number of rotatable bonds is 9. The van der Waals surface area contributed by atoms with Crippen LogP contribution in [0.15, 0.2) is 54.6 Å². The van der Waals surface area contributed by atoms with Crippen LogP contribution in [0.1, 0.15) is 36.7 Å². The quantitative estimate of drug-likeness (QED) is 0.498. The monoisotopic (exact) mass is 411 g/mol. The second-order valence-electron chi connectivity index (χ2n) is 6.52. The minimum absolute atomic E-state index is 0.213. The first-order valence-electron chi connectivity index (χ1n) is 9.56. The third-order valence-corrected chi connectivity index (χ3v) is 3.70. The van der Waals surface area contributed by atoms with Gasteiger partial charge in [-0.25, -0.2) is 9.59 Å². The van der Waals surface area contributed by atoms with E-state index in [1.54, 1.807) is 56.3 Å². The van der Waals surface area contributed by atoms with Crippen molar-refractivity contribution in [1.29, 1.82) is 0 Å². The molecule has 0 atom stereocenters. The molecule has 0 fully saturated rings. The molecule has 0 heterocycles. The lowest BCUT2D eigenvalue weighted by Gasteiger charge is -2.09. The summed E-state index contributed by atoms with van der Waals surface area (Å²) in [7, 11) is 0. The van der Waals surface area contributed by atoms with E-state index in [9.17, 15) is 14.4 Å². The second kappa shape index (κ2) is 11.4. The van der Waals surface area contributed by atoms with Crippen LogP contribution in [0, 0.1) is 0 Å². The molecule has 7 nitrogen and oxygen atoms in total. The van der Waals surface area contributed by atoms with E-state index in [1.165, 1.54) is 6.08 Å². The van der Waals surface area contributed by atoms with Crippen molar-refractivity contribution in [3.8, 4) is 5.75 Å². The van der Waals surface area contributed by atoms with E-state index >= 15 is 0 Å². The molecule has 0 saturated carbocycles. The largest absolute Gasteiger partial charge is 0.494 e. The van der Waals surface area contributed by atoms with Crippen LogP contribution in [0.25, 0.3) is 6.08 Å². The van der Waals surface area contributed by atoms with Gasteiger partial charge in [0.15, 0.2) is 6.61 Å². The van der Waals surface area contributed by atoms with Crippen molar-refractivity contribution in [3.05, 3.63) is 65.7 Å². The minimum Gasteiger partial charge on any atom is -0.494 e. The standard InChI is InChI=1S/C23H25NO6/c1-4-28-20-12-5-17(6-13-20)7-14-22(26)29-15-21(25)24-19-10-8-18(9-11-19)23(27)30-16(2)3/h5-14,16H,4,15H2,1-3H3,(H,24,25)/b14-7+. The Morgan fingerprint density at radius 3 is 2.27 bits per heavy atom. The van der Waals surface area contributed by atoms with Gasteiger partial charge >= 0.3 is 11.9 Å². The van der Waals surface area contributed by atoms with E-state index in [0.29, 0.717) is 17.9 Å². The first-order valence-corrected chi connectivity index (χ1v) is 9.56. The van der Waals surface area contributed by atoms with Gasteiger partial charge in [-0.3, -0.25) is 4.79 Å². The Morgan fingerprint density at radius 1 is 1.00 bits per heavy atom. The molecule has 30 heavy (non-hydrogen) atoms. The van der Waals surface area contributed by atoms with Crippen LogP contribution in [-0.4, -0.2) is 37.2 Å². The van der Waals surface area contributed by atoms with Crippen molar-refractivity contribution in [2.24, 2.45) is 0 Å². The molecule has 0 spiro atoms. The van der Waals surface area contributed by atoms with Crippen molar-refractivity contribution in [1.82, 2.24) is 0 Å². The van der Waals surface area contributed by atoms with Crippen LogP contribution in [0.2, 0.25) is 0 Å². The summed E-state index contributed by atoms with van der Waals surface area (Å²) in [5.41, 5.74) is 1.66. The zero-order valence-electron chi connectivity index (χ0n) is 17.2. The van der Waals surface area contributed by atoms with E-state index in [-0.39, 0.29) is 6.10 Å². The van der Waals surface area contributed by atoms with Gasteiger partial charge < -0.3 is 19.5 Å². The predicted molar refractivity (Wildman–Crippen MR) is 113 cm³/mol. The summed E-state index contributed by atoms with van der Waals surface area (Å²) >= 11 is 0. The number of hydrogen-bond donors (Lipinski definition) is 1. The zero-order chi connectivity index (χ0) is 21.9. The molecule has 2 rings (SSSR count). The van der Waals surface area contributed by atoms with Crippen molar-refractivity contribution < 1.29 is 28.6 Å². The van der Waals surface area contributed by atoms with Crippen LogP contribution in [0.4, 0.5) is 5.69 Å². The number of carbonyl (C=O) groups excluding carboxylic acids is 3. The van der Waals surface area contributed by atoms with Gasteiger partial charge in [0.05, 0.1) is 18.3 Å². The van der Waals surface area contributed by atoms with Gasteiger partial charge in [0.25, 0.3) is 5.91 Å². The van der Waals surface area contributed by atoms with Crippen LogP contribution in [0.3, 0.4) is 0 Å². The lowest BCUT2D eigenvalue weighted by atomic mass is 10.2. The van der Waals surface area contributed by atoms with Crippen LogP contribution in [0.5, 0.6) is 5.75 Å². The van der Waals surface area contributed by atoms with Crippen LogP contribution >= 0.6 is 0 Å². The molecule has 7 heteroatoms. The lowest BCUT2D eigenvalue weighted by Crippen LogP contribution is -2.20. The highest BCUT2D eigenvalue weighted by Crippen LogP contribution is 2.13. The Labute approximate surface area is 175 Å². The molecule has 158 valence electrons. The van der Waals surface area contributed by atoms with Gasteiger partial charge in [-0.1, -0.05) is 12.1 Å². The highest BCUT2D eigenvalue weighted by atomic mass is 16.5. The number of anilines is 1. The Balaban J connectivity index is 1.78. The number of nitrogens with one attached hydrogen (secondary N) is 1. The van der Waals surface area contributed by atoms with Crippen molar-refractivity contribution in [3.63, 3.8) is 0 Å². The summed E-state index contributed by atoms with van der Waals surface area (Å²) in [5.74, 6) is -0.809. The van der Waals surface area contributed by atoms with Crippen molar-refractivity contribution in [2.75, 3.05) is 18.5 Å². The molecule has 0 aliphatic heterocycles. The van der Waals surface area contributed by atoms with Crippen molar-refractivity contribution >= 4 is 29.6 Å². The molecule has 0 aromatic heterocycles. The fourth-order valence-electron chi connectivity index (χ4n) is 2.36. The Bertz CT molecular complexity index is 885. The van der Waals surface area contributed by atoms with E-state index in [4.69, 9.17) is 14.2 Å². The van der Waals surface area contributed by atoms with Gasteiger partial charge in [-0.05, 0) is 68.8 Å². The van der Waals surface area contributed by atoms with E-state index in [1.807, 2.05) is 19.1 Å². The normalized spacial score (nSPS) is 10.7. The number of amides is 1. The van der Waals surface area contributed by atoms with Gasteiger partial charge in [0.2, 0.25) is 0 Å². The zero-order valence-corrected chi connectivity index (χ0v) is 17.2. The van der Waals surface area contributed by atoms with Gasteiger partial charge in [0.1, 0.15) is 5.75 Å². The minimum atomic E-state index is -0.634. The van der Waals surface area contributed by atoms with E-state index < -0.39 is 24.5 Å². The predicted octanol–water partition coefficient (Wildman–Crippen LogP) is 3.85. The van der Waals surface area contributed by atoms with Gasteiger partial charge in [-0.15, -0.1) is 0 Å². The highest BCUT2D eigenvalue weighted by molar-refractivity contribution is 5.95. The summed E-state index contributed by atoms with van der Waals surface area (Å²) in [6.07, 6.45) is 2.62. The summed E-state index contributed by atoms with van der Waals surface area (Å²) in [6.45, 7) is 5.59. The van der Waals surface area contributed by atoms with E-state index in [0.717, 1.165) is 11.3 Å². The lowest BCUT2D eigenvalue weighted by molar-refractivity contribution is -0.142. The summed E-state index contributed by atoms with van der Waals surface area (Å²) in [4.78, 5) is 35.5. The first kappa shape index (κ1) is 22.7. The highest BCUT2D eigenvalue weighted by Gasteiger charge is 2.10. The average molecular weight is 411 g/mol. The third kappa shape index (κ3) is 7.79. The van der Waals surface area contributed by atoms with Crippen LogP contribution in [-0.2, 0) is 19.1 Å². The topological polar surface area (TPSA) is 90.9 Å². The maximum Gasteiger partial charge on any atom is 0.338 e. The molecule has 1 amide bonds. The molecule has 0 radical (unpaired) electrons. The summed E-state index contributed by atoms with van der Waals surface area (Å²) in [6, 6.07) is 13.5. The average Bonchev–Trinajstić information content (AvgIpc) is 2.72. The fraction of sp³-hybridized carbons (Fsp3) is 0.261. The van der Waals surface area contributed by atoms with Crippen molar-refractivity contribution in [2.45, 2.75) is 26.9 Å². The van der Waals surface area contributed by atoms with Gasteiger partial charge in [-0.2, -0.15) is 0 Å². The number of carbonyl (C=O) groups is 3. The number of hydrogen-bond acceptors (Lipinski definition) is 6. The van der Waals surface area contributed by atoms with Crippen LogP contribution < -0.4 is 10.1 Å². The Hall–Kier alpha value is -3.61. The Morgan fingerprint density at radius 2 is 1.67 bits per heavy atom.